The highest BCUT2D eigenvalue weighted by atomic mass is 16.5. The van der Waals surface area contributed by atoms with Crippen LogP contribution in [0.1, 0.15) is 37.4 Å². The topological polar surface area (TPSA) is 44.5 Å². The minimum atomic E-state index is 0.0102. The quantitative estimate of drug-likeness (QED) is 0.808. The maximum Gasteiger partial charge on any atom is 0.118 e. The molecule has 3 nitrogen and oxygen atoms in total. The van der Waals surface area contributed by atoms with Crippen molar-refractivity contribution in [2.45, 2.75) is 31.8 Å². The second kappa shape index (κ2) is 6.76. The van der Waals surface area contributed by atoms with Crippen LogP contribution in [-0.4, -0.2) is 20.3 Å². The molecule has 1 fully saturated rings. The van der Waals surface area contributed by atoms with Crippen molar-refractivity contribution in [2.24, 2.45) is 11.7 Å². The van der Waals surface area contributed by atoms with Crippen LogP contribution in [0.25, 0.3) is 0 Å². The smallest absolute Gasteiger partial charge is 0.118 e. The van der Waals surface area contributed by atoms with E-state index in [-0.39, 0.29) is 6.10 Å². The van der Waals surface area contributed by atoms with Crippen LogP contribution in [0.4, 0.5) is 0 Å². The average Bonchev–Trinajstić information content (AvgIpc) is 2.37. The Morgan fingerprint density at radius 2 is 2.00 bits per heavy atom. The van der Waals surface area contributed by atoms with E-state index >= 15 is 0 Å². The molecule has 3 heteroatoms. The molecule has 1 saturated carbocycles. The van der Waals surface area contributed by atoms with E-state index in [9.17, 15) is 0 Å². The Kier molecular flexibility index (Phi) is 5.02. The lowest BCUT2D eigenvalue weighted by Crippen LogP contribution is -2.19. The molecular formula is C15H23NO2. The van der Waals surface area contributed by atoms with Crippen molar-refractivity contribution in [2.75, 3.05) is 20.3 Å². The predicted octanol–water partition coefficient (Wildman–Crippen LogP) is 2.90. The largest absolute Gasteiger partial charge is 0.497 e. The van der Waals surface area contributed by atoms with Gasteiger partial charge in [0.15, 0.2) is 0 Å². The van der Waals surface area contributed by atoms with Gasteiger partial charge < -0.3 is 15.2 Å². The fraction of sp³-hybridized carbons (Fsp3) is 0.600. The van der Waals surface area contributed by atoms with Gasteiger partial charge in [-0.1, -0.05) is 31.4 Å². The molecule has 0 amide bonds. The van der Waals surface area contributed by atoms with Gasteiger partial charge in [-0.2, -0.15) is 0 Å². The van der Waals surface area contributed by atoms with E-state index in [1.807, 2.05) is 24.3 Å². The minimum Gasteiger partial charge on any atom is -0.497 e. The lowest BCUT2D eigenvalue weighted by atomic mass is 9.83. The normalized spacial score (nSPS) is 17.2. The summed E-state index contributed by atoms with van der Waals surface area (Å²) in [5.74, 6) is 1.75. The van der Waals surface area contributed by atoms with Crippen LogP contribution in [0.15, 0.2) is 24.3 Å². The molecule has 0 aliphatic heterocycles. The minimum absolute atomic E-state index is 0.0102. The standard InChI is InChI=1S/C15H23NO2/c1-17-14-7-5-13(6-8-14)15(11-16)18-10-9-12-3-2-4-12/h5-8,12,15H,2-4,9-11,16H2,1H3. The van der Waals surface area contributed by atoms with Gasteiger partial charge in [0.25, 0.3) is 0 Å². The lowest BCUT2D eigenvalue weighted by molar-refractivity contribution is 0.0424. The number of rotatable bonds is 7. The number of benzene rings is 1. The van der Waals surface area contributed by atoms with Gasteiger partial charge in [0.2, 0.25) is 0 Å². The van der Waals surface area contributed by atoms with E-state index in [4.69, 9.17) is 15.2 Å². The molecule has 100 valence electrons. The van der Waals surface area contributed by atoms with Crippen LogP contribution in [0.2, 0.25) is 0 Å². The molecule has 1 atom stereocenters. The van der Waals surface area contributed by atoms with Gasteiger partial charge in [-0.05, 0) is 30.0 Å². The molecule has 2 rings (SSSR count). The van der Waals surface area contributed by atoms with Gasteiger partial charge in [-0.15, -0.1) is 0 Å². The fourth-order valence-corrected chi connectivity index (χ4v) is 2.28. The lowest BCUT2D eigenvalue weighted by Gasteiger charge is -2.26. The molecule has 1 aliphatic carbocycles. The van der Waals surface area contributed by atoms with Crippen molar-refractivity contribution in [1.82, 2.24) is 0 Å². The molecule has 0 spiro atoms. The SMILES string of the molecule is COc1ccc(C(CN)OCCC2CCC2)cc1. The highest BCUT2D eigenvalue weighted by Crippen LogP contribution is 2.30. The van der Waals surface area contributed by atoms with Crippen molar-refractivity contribution in [3.63, 3.8) is 0 Å². The summed E-state index contributed by atoms with van der Waals surface area (Å²) in [5.41, 5.74) is 6.91. The maximum atomic E-state index is 5.89. The molecule has 2 N–H and O–H groups in total. The summed E-state index contributed by atoms with van der Waals surface area (Å²) in [7, 11) is 1.67. The third-order valence-corrected chi connectivity index (χ3v) is 3.77. The van der Waals surface area contributed by atoms with Gasteiger partial charge in [0.1, 0.15) is 5.75 Å². The Morgan fingerprint density at radius 1 is 1.28 bits per heavy atom. The van der Waals surface area contributed by atoms with E-state index < -0.39 is 0 Å². The summed E-state index contributed by atoms with van der Waals surface area (Å²) in [4.78, 5) is 0. The molecule has 0 heterocycles. The van der Waals surface area contributed by atoms with Crippen molar-refractivity contribution in [3.05, 3.63) is 29.8 Å². The van der Waals surface area contributed by atoms with Gasteiger partial charge in [-0.25, -0.2) is 0 Å². The predicted molar refractivity (Wildman–Crippen MR) is 72.7 cm³/mol. The molecule has 1 aromatic rings. The summed E-state index contributed by atoms with van der Waals surface area (Å²) < 4.78 is 11.0. The third kappa shape index (κ3) is 3.47. The number of ether oxygens (including phenoxy) is 2. The molecule has 1 unspecified atom stereocenters. The molecule has 1 aliphatic rings. The number of hydrogen-bond acceptors (Lipinski definition) is 3. The van der Waals surface area contributed by atoms with Gasteiger partial charge in [0.05, 0.1) is 13.2 Å². The van der Waals surface area contributed by atoms with Gasteiger partial charge >= 0.3 is 0 Å². The third-order valence-electron chi connectivity index (χ3n) is 3.77. The molecular weight excluding hydrogens is 226 g/mol. The van der Waals surface area contributed by atoms with E-state index in [0.717, 1.165) is 23.8 Å². The van der Waals surface area contributed by atoms with Crippen molar-refractivity contribution >= 4 is 0 Å². The first-order valence-electron chi connectivity index (χ1n) is 6.79. The first-order chi connectivity index (χ1) is 8.83. The summed E-state index contributed by atoms with van der Waals surface area (Å²) in [6.45, 7) is 1.34. The molecule has 0 radical (unpaired) electrons. The summed E-state index contributed by atoms with van der Waals surface area (Å²) in [5, 5.41) is 0. The maximum absolute atomic E-state index is 5.89. The number of hydrogen-bond donors (Lipinski definition) is 1. The Balaban J connectivity index is 1.81. The zero-order valence-electron chi connectivity index (χ0n) is 11.1. The summed E-state index contributed by atoms with van der Waals surface area (Å²) >= 11 is 0. The van der Waals surface area contributed by atoms with Crippen LogP contribution in [-0.2, 0) is 4.74 Å². The number of methoxy groups -OCH3 is 1. The zero-order chi connectivity index (χ0) is 12.8. The van der Waals surface area contributed by atoms with Crippen molar-refractivity contribution in [3.8, 4) is 5.75 Å². The Labute approximate surface area is 109 Å². The van der Waals surface area contributed by atoms with Crippen LogP contribution in [0.5, 0.6) is 5.75 Å². The summed E-state index contributed by atoms with van der Waals surface area (Å²) in [6, 6.07) is 7.96. The second-order valence-corrected chi connectivity index (χ2v) is 4.95. The van der Waals surface area contributed by atoms with E-state index in [0.29, 0.717) is 6.54 Å². The summed E-state index contributed by atoms with van der Waals surface area (Å²) in [6.07, 6.45) is 5.32. The molecule has 18 heavy (non-hydrogen) atoms. The molecule has 0 saturated heterocycles. The van der Waals surface area contributed by atoms with Gasteiger partial charge in [0, 0.05) is 13.2 Å². The van der Waals surface area contributed by atoms with E-state index in [1.165, 1.54) is 25.7 Å². The van der Waals surface area contributed by atoms with E-state index in [1.54, 1.807) is 7.11 Å². The Morgan fingerprint density at radius 3 is 2.50 bits per heavy atom. The second-order valence-electron chi connectivity index (χ2n) is 4.95. The fourth-order valence-electron chi connectivity index (χ4n) is 2.28. The molecule has 0 bridgehead atoms. The van der Waals surface area contributed by atoms with Crippen molar-refractivity contribution < 1.29 is 9.47 Å². The van der Waals surface area contributed by atoms with Crippen LogP contribution in [0, 0.1) is 5.92 Å². The average molecular weight is 249 g/mol. The van der Waals surface area contributed by atoms with Crippen LogP contribution < -0.4 is 10.5 Å². The monoisotopic (exact) mass is 249 g/mol. The highest BCUT2D eigenvalue weighted by Gasteiger charge is 2.18. The molecule has 0 aromatic heterocycles. The first-order valence-corrected chi connectivity index (χ1v) is 6.79. The molecule has 1 aromatic carbocycles. The zero-order valence-corrected chi connectivity index (χ0v) is 11.1. The van der Waals surface area contributed by atoms with Crippen LogP contribution >= 0.6 is 0 Å². The number of nitrogens with two attached hydrogens (primary N) is 1. The first kappa shape index (κ1) is 13.4. The highest BCUT2D eigenvalue weighted by molar-refractivity contribution is 5.28. The Hall–Kier alpha value is -1.06. The van der Waals surface area contributed by atoms with Crippen LogP contribution in [0.3, 0.4) is 0 Å². The Bertz CT molecular complexity index is 346. The van der Waals surface area contributed by atoms with Gasteiger partial charge in [-0.3, -0.25) is 0 Å². The van der Waals surface area contributed by atoms with Crippen molar-refractivity contribution in [1.29, 1.82) is 0 Å². The van der Waals surface area contributed by atoms with E-state index in [2.05, 4.69) is 0 Å².